The van der Waals surface area contributed by atoms with Crippen LogP contribution in [0.15, 0.2) is 23.6 Å². The number of hydrogen-bond acceptors (Lipinski definition) is 4. The van der Waals surface area contributed by atoms with Crippen LogP contribution in [0.5, 0.6) is 0 Å². The molecule has 0 saturated heterocycles. The van der Waals surface area contributed by atoms with E-state index in [-0.39, 0.29) is 17.9 Å². The minimum absolute atomic E-state index is 0.0348. The largest absolute Gasteiger partial charge is 0.309 e. The summed E-state index contributed by atoms with van der Waals surface area (Å²) in [4.78, 5) is 30.0. The third-order valence-electron chi connectivity index (χ3n) is 4.23. The summed E-state index contributed by atoms with van der Waals surface area (Å²) in [7, 11) is 0. The molecule has 1 N–H and O–H groups in total. The Balaban J connectivity index is 1.86. The van der Waals surface area contributed by atoms with E-state index in [9.17, 15) is 9.59 Å². The summed E-state index contributed by atoms with van der Waals surface area (Å²) >= 11 is 1.42. The Labute approximate surface area is 145 Å². The molecule has 126 valence electrons. The Morgan fingerprint density at radius 3 is 2.83 bits per heavy atom. The van der Waals surface area contributed by atoms with Gasteiger partial charge in [0.15, 0.2) is 5.13 Å². The molecular formula is C18H21N3O2S. The molecule has 1 atom stereocenters. The zero-order chi connectivity index (χ0) is 17.3. The van der Waals surface area contributed by atoms with Gasteiger partial charge in [-0.15, -0.1) is 11.3 Å². The maximum atomic E-state index is 12.2. The molecule has 1 aliphatic rings. The first kappa shape index (κ1) is 16.6. The topological polar surface area (TPSA) is 62.3 Å². The fourth-order valence-corrected chi connectivity index (χ4v) is 3.75. The van der Waals surface area contributed by atoms with Crippen molar-refractivity contribution in [3.63, 3.8) is 0 Å². The minimum atomic E-state index is -0.0348. The lowest BCUT2D eigenvalue weighted by molar-refractivity contribution is -0.118. The molecule has 2 amide bonds. The highest BCUT2D eigenvalue weighted by molar-refractivity contribution is 7.14. The Hall–Kier alpha value is -2.21. The SMILES string of the molecule is CCC(=O)Nc1nc(-c2ccc3c(c2)C[C@@H](C)N3C(=O)CC)cs1. The first-order chi connectivity index (χ1) is 11.5. The molecule has 24 heavy (non-hydrogen) atoms. The van der Waals surface area contributed by atoms with Crippen molar-refractivity contribution in [1.29, 1.82) is 0 Å². The quantitative estimate of drug-likeness (QED) is 0.917. The van der Waals surface area contributed by atoms with E-state index in [0.717, 1.165) is 23.4 Å². The van der Waals surface area contributed by atoms with Crippen LogP contribution in [0.3, 0.4) is 0 Å². The van der Waals surface area contributed by atoms with Crippen LogP contribution in [-0.2, 0) is 16.0 Å². The fourth-order valence-electron chi connectivity index (χ4n) is 3.01. The molecular weight excluding hydrogens is 322 g/mol. The zero-order valence-corrected chi connectivity index (χ0v) is 14.9. The smallest absolute Gasteiger partial charge is 0.226 e. The first-order valence-corrected chi connectivity index (χ1v) is 9.12. The molecule has 3 rings (SSSR count). The number of amides is 2. The van der Waals surface area contributed by atoms with Crippen LogP contribution in [0.1, 0.15) is 39.2 Å². The Morgan fingerprint density at radius 1 is 1.33 bits per heavy atom. The van der Waals surface area contributed by atoms with E-state index in [1.54, 1.807) is 0 Å². The fraction of sp³-hybridized carbons (Fsp3) is 0.389. The van der Waals surface area contributed by atoms with Gasteiger partial charge in [0, 0.05) is 35.5 Å². The summed E-state index contributed by atoms with van der Waals surface area (Å²) < 4.78 is 0. The predicted octanol–water partition coefficient (Wildman–Crippen LogP) is 3.85. The average Bonchev–Trinajstić information content (AvgIpc) is 3.16. The summed E-state index contributed by atoms with van der Waals surface area (Å²) in [5.74, 6) is 0.125. The standard InChI is InChI=1S/C18H21N3O2S/c1-4-16(22)20-18-19-14(10-24-18)12-6-7-15-13(9-12)8-11(3)21(15)17(23)5-2/h6-7,9-11H,4-5,8H2,1-3H3,(H,19,20,22)/t11-/m1/s1. The van der Waals surface area contributed by atoms with Crippen molar-refractivity contribution < 1.29 is 9.59 Å². The zero-order valence-electron chi connectivity index (χ0n) is 14.1. The lowest BCUT2D eigenvalue weighted by Crippen LogP contribution is -2.35. The van der Waals surface area contributed by atoms with E-state index in [0.29, 0.717) is 18.0 Å². The number of benzene rings is 1. The van der Waals surface area contributed by atoms with Gasteiger partial charge >= 0.3 is 0 Å². The number of carbonyl (C=O) groups excluding carboxylic acids is 2. The molecule has 2 heterocycles. The molecule has 0 fully saturated rings. The number of hydrogen-bond donors (Lipinski definition) is 1. The predicted molar refractivity (Wildman–Crippen MR) is 97.4 cm³/mol. The van der Waals surface area contributed by atoms with Crippen LogP contribution in [-0.4, -0.2) is 22.8 Å². The number of nitrogens with one attached hydrogen (secondary N) is 1. The molecule has 1 aliphatic heterocycles. The molecule has 0 unspecified atom stereocenters. The van der Waals surface area contributed by atoms with E-state index in [4.69, 9.17) is 0 Å². The van der Waals surface area contributed by atoms with E-state index in [2.05, 4.69) is 23.3 Å². The van der Waals surface area contributed by atoms with Gasteiger partial charge in [-0.3, -0.25) is 9.59 Å². The van der Waals surface area contributed by atoms with Crippen LogP contribution in [0.2, 0.25) is 0 Å². The lowest BCUT2D eigenvalue weighted by Gasteiger charge is -2.22. The van der Waals surface area contributed by atoms with Crippen molar-refractivity contribution in [2.75, 3.05) is 10.2 Å². The normalized spacial score (nSPS) is 16.1. The lowest BCUT2D eigenvalue weighted by atomic mass is 10.1. The van der Waals surface area contributed by atoms with Crippen LogP contribution in [0.25, 0.3) is 11.3 Å². The molecule has 5 nitrogen and oxygen atoms in total. The third-order valence-corrected chi connectivity index (χ3v) is 4.99. The summed E-state index contributed by atoms with van der Waals surface area (Å²) in [5.41, 5.74) is 4.05. The monoisotopic (exact) mass is 343 g/mol. The number of rotatable bonds is 4. The summed E-state index contributed by atoms with van der Waals surface area (Å²) in [6, 6.07) is 6.30. The molecule has 2 aromatic rings. The van der Waals surface area contributed by atoms with Gasteiger partial charge in [-0.1, -0.05) is 19.9 Å². The average molecular weight is 343 g/mol. The second kappa shape index (κ2) is 6.73. The van der Waals surface area contributed by atoms with Gasteiger partial charge < -0.3 is 10.2 Å². The van der Waals surface area contributed by atoms with Crippen molar-refractivity contribution in [3.8, 4) is 11.3 Å². The summed E-state index contributed by atoms with van der Waals surface area (Å²) in [6.07, 6.45) is 1.81. The van der Waals surface area contributed by atoms with Crippen molar-refractivity contribution in [2.24, 2.45) is 0 Å². The van der Waals surface area contributed by atoms with Crippen LogP contribution >= 0.6 is 11.3 Å². The van der Waals surface area contributed by atoms with E-state index >= 15 is 0 Å². The van der Waals surface area contributed by atoms with Gasteiger partial charge in [0.25, 0.3) is 0 Å². The van der Waals surface area contributed by atoms with Gasteiger partial charge in [0.05, 0.1) is 5.69 Å². The number of nitrogens with zero attached hydrogens (tertiary/aromatic N) is 2. The second-order valence-corrected chi connectivity index (χ2v) is 6.81. The Kier molecular flexibility index (Phi) is 4.66. The second-order valence-electron chi connectivity index (χ2n) is 5.95. The first-order valence-electron chi connectivity index (χ1n) is 8.24. The Morgan fingerprint density at radius 2 is 2.12 bits per heavy atom. The van der Waals surface area contributed by atoms with Crippen LogP contribution in [0.4, 0.5) is 10.8 Å². The molecule has 0 bridgehead atoms. The number of thiazole rings is 1. The highest BCUT2D eigenvalue weighted by Gasteiger charge is 2.30. The molecule has 0 radical (unpaired) electrons. The molecule has 6 heteroatoms. The molecule has 0 spiro atoms. The molecule has 1 aromatic carbocycles. The van der Waals surface area contributed by atoms with Crippen molar-refractivity contribution in [2.45, 2.75) is 46.1 Å². The number of anilines is 2. The molecule has 1 aromatic heterocycles. The molecule has 0 saturated carbocycles. The van der Waals surface area contributed by atoms with Crippen molar-refractivity contribution in [3.05, 3.63) is 29.1 Å². The maximum Gasteiger partial charge on any atom is 0.226 e. The van der Waals surface area contributed by atoms with Gasteiger partial charge in [0.2, 0.25) is 11.8 Å². The van der Waals surface area contributed by atoms with E-state index < -0.39 is 0 Å². The summed E-state index contributed by atoms with van der Waals surface area (Å²) in [6.45, 7) is 5.78. The van der Waals surface area contributed by atoms with Gasteiger partial charge in [-0.25, -0.2) is 4.98 Å². The third kappa shape index (κ3) is 3.06. The van der Waals surface area contributed by atoms with Gasteiger partial charge in [-0.2, -0.15) is 0 Å². The Bertz CT molecular complexity index is 784. The van der Waals surface area contributed by atoms with E-state index in [1.165, 1.54) is 16.9 Å². The number of aromatic nitrogens is 1. The van der Waals surface area contributed by atoms with Crippen molar-refractivity contribution >= 4 is 34.0 Å². The van der Waals surface area contributed by atoms with Crippen molar-refractivity contribution in [1.82, 2.24) is 4.98 Å². The molecule has 0 aliphatic carbocycles. The maximum absolute atomic E-state index is 12.2. The highest BCUT2D eigenvalue weighted by atomic mass is 32.1. The minimum Gasteiger partial charge on any atom is -0.309 e. The number of carbonyl (C=O) groups is 2. The van der Waals surface area contributed by atoms with Crippen LogP contribution in [0, 0.1) is 0 Å². The van der Waals surface area contributed by atoms with Gasteiger partial charge in [-0.05, 0) is 31.0 Å². The summed E-state index contributed by atoms with van der Waals surface area (Å²) in [5, 5.41) is 5.35. The van der Waals surface area contributed by atoms with Gasteiger partial charge in [0.1, 0.15) is 0 Å². The highest BCUT2D eigenvalue weighted by Crippen LogP contribution is 2.36. The number of fused-ring (bicyclic) bond motifs is 1. The van der Waals surface area contributed by atoms with Crippen LogP contribution < -0.4 is 10.2 Å². The van der Waals surface area contributed by atoms with E-state index in [1.807, 2.05) is 36.3 Å².